The molecule has 0 aliphatic rings. The Balaban J connectivity index is 1.30. The number of aromatic nitrogens is 3. The molecule has 2 aromatic carbocycles. The van der Waals surface area contributed by atoms with Crippen LogP contribution in [0.25, 0.3) is 10.2 Å². The van der Waals surface area contributed by atoms with Gasteiger partial charge in [-0.25, -0.2) is 4.98 Å². The summed E-state index contributed by atoms with van der Waals surface area (Å²) in [5.74, 6) is 0.108. The van der Waals surface area contributed by atoms with Crippen molar-refractivity contribution in [3.05, 3.63) is 71.8 Å². The van der Waals surface area contributed by atoms with E-state index in [4.69, 9.17) is 0 Å². The normalized spacial score (nSPS) is 10.7. The fourth-order valence-corrected chi connectivity index (χ4v) is 4.22. The van der Waals surface area contributed by atoms with E-state index in [2.05, 4.69) is 25.8 Å². The van der Waals surface area contributed by atoms with Crippen LogP contribution in [0.1, 0.15) is 15.9 Å². The van der Waals surface area contributed by atoms with E-state index in [1.54, 1.807) is 36.4 Å². The molecule has 7 nitrogen and oxygen atoms in total. The zero-order valence-electron chi connectivity index (χ0n) is 16.0. The average molecular weight is 436 g/mol. The molecule has 9 heteroatoms. The Kier molecular flexibility index (Phi) is 6.01. The zero-order valence-corrected chi connectivity index (χ0v) is 17.6. The molecule has 4 rings (SSSR count). The molecule has 0 bridgehead atoms. The zero-order chi connectivity index (χ0) is 20.9. The summed E-state index contributed by atoms with van der Waals surface area (Å²) in [6.45, 7) is 2.02. The lowest BCUT2D eigenvalue weighted by molar-refractivity contribution is -0.113. The molecular weight excluding hydrogens is 418 g/mol. The van der Waals surface area contributed by atoms with E-state index in [0.717, 1.165) is 15.8 Å². The molecule has 0 aliphatic heterocycles. The molecule has 30 heavy (non-hydrogen) atoms. The summed E-state index contributed by atoms with van der Waals surface area (Å²) in [5, 5.41) is 14.7. The van der Waals surface area contributed by atoms with Gasteiger partial charge >= 0.3 is 0 Å². The monoisotopic (exact) mass is 435 g/mol. The summed E-state index contributed by atoms with van der Waals surface area (Å²) >= 11 is 2.71. The van der Waals surface area contributed by atoms with E-state index in [1.165, 1.54) is 23.1 Å². The van der Waals surface area contributed by atoms with Crippen LogP contribution in [0.3, 0.4) is 0 Å². The summed E-state index contributed by atoms with van der Waals surface area (Å²) in [6.07, 6.45) is 0. The smallest absolute Gasteiger partial charge is 0.256 e. The van der Waals surface area contributed by atoms with E-state index in [-0.39, 0.29) is 17.6 Å². The van der Waals surface area contributed by atoms with Gasteiger partial charge in [-0.1, -0.05) is 47.4 Å². The lowest BCUT2D eigenvalue weighted by Gasteiger charge is -2.05. The minimum atomic E-state index is -0.254. The van der Waals surface area contributed by atoms with E-state index >= 15 is 0 Å². The maximum atomic E-state index is 12.2. The number of amides is 2. The van der Waals surface area contributed by atoms with Gasteiger partial charge in [0.15, 0.2) is 10.9 Å². The molecule has 4 aromatic rings. The topological polar surface area (TPSA) is 96.9 Å². The van der Waals surface area contributed by atoms with Gasteiger partial charge in [-0.2, -0.15) is 0 Å². The molecule has 2 heterocycles. The number of carbonyl (C=O) groups is 2. The van der Waals surface area contributed by atoms with Crippen LogP contribution in [-0.2, 0) is 4.79 Å². The first-order chi connectivity index (χ1) is 14.6. The minimum absolute atomic E-state index is 0.168. The number of thiazole rings is 1. The molecule has 0 atom stereocenters. The van der Waals surface area contributed by atoms with Gasteiger partial charge in [0.1, 0.15) is 5.03 Å². The van der Waals surface area contributed by atoms with Gasteiger partial charge in [0.25, 0.3) is 5.91 Å². The van der Waals surface area contributed by atoms with Gasteiger partial charge in [-0.15, -0.1) is 10.2 Å². The van der Waals surface area contributed by atoms with Crippen molar-refractivity contribution in [2.24, 2.45) is 0 Å². The molecule has 0 saturated carbocycles. The van der Waals surface area contributed by atoms with Gasteiger partial charge < -0.3 is 10.6 Å². The van der Waals surface area contributed by atoms with Crippen molar-refractivity contribution in [3.8, 4) is 0 Å². The number of rotatable bonds is 6. The van der Waals surface area contributed by atoms with Crippen molar-refractivity contribution in [1.29, 1.82) is 0 Å². The first kappa shape index (κ1) is 20.0. The van der Waals surface area contributed by atoms with Crippen LogP contribution in [0.2, 0.25) is 0 Å². The lowest BCUT2D eigenvalue weighted by Crippen LogP contribution is -2.14. The summed E-state index contributed by atoms with van der Waals surface area (Å²) < 4.78 is 1.04. The number of hydrogen-bond donors (Lipinski definition) is 2. The van der Waals surface area contributed by atoms with Crippen LogP contribution in [0.5, 0.6) is 0 Å². The fourth-order valence-electron chi connectivity index (χ4n) is 2.62. The number of fused-ring (bicyclic) bond motifs is 1. The Bertz CT molecular complexity index is 1190. The maximum Gasteiger partial charge on any atom is 0.256 e. The van der Waals surface area contributed by atoms with Crippen LogP contribution in [-0.4, -0.2) is 32.7 Å². The minimum Gasteiger partial charge on any atom is -0.305 e. The van der Waals surface area contributed by atoms with Crippen molar-refractivity contribution in [1.82, 2.24) is 15.2 Å². The van der Waals surface area contributed by atoms with Gasteiger partial charge in [0, 0.05) is 5.56 Å². The van der Waals surface area contributed by atoms with E-state index in [1.807, 2.05) is 31.2 Å². The van der Waals surface area contributed by atoms with Crippen molar-refractivity contribution >= 4 is 56.1 Å². The van der Waals surface area contributed by atoms with Gasteiger partial charge in [-0.3, -0.25) is 9.59 Å². The first-order valence-corrected chi connectivity index (χ1v) is 10.9. The standard InChI is InChI=1S/C21H17N5O2S2/c1-13-7-8-15-16(11-13)30-21(22-15)24-18(27)12-29-19-10-9-17(25-26-19)23-20(28)14-5-3-2-4-6-14/h2-11H,12H2,1H3,(H,22,24,27)(H,23,25,28). The molecule has 2 amide bonds. The van der Waals surface area contributed by atoms with Crippen LogP contribution in [0.15, 0.2) is 65.7 Å². The van der Waals surface area contributed by atoms with Crippen molar-refractivity contribution in [2.45, 2.75) is 11.9 Å². The highest BCUT2D eigenvalue weighted by atomic mass is 32.2. The second kappa shape index (κ2) is 9.02. The molecule has 0 radical (unpaired) electrons. The van der Waals surface area contributed by atoms with Crippen molar-refractivity contribution < 1.29 is 9.59 Å². The molecule has 2 aromatic heterocycles. The summed E-state index contributed by atoms with van der Waals surface area (Å²) in [5.41, 5.74) is 2.56. The van der Waals surface area contributed by atoms with E-state index < -0.39 is 0 Å². The number of thioether (sulfide) groups is 1. The number of hydrogen-bond acceptors (Lipinski definition) is 7. The Morgan fingerprint density at radius 3 is 2.60 bits per heavy atom. The number of nitrogens with zero attached hydrogens (tertiary/aromatic N) is 3. The van der Waals surface area contributed by atoms with Crippen molar-refractivity contribution in [3.63, 3.8) is 0 Å². The highest BCUT2D eigenvalue weighted by molar-refractivity contribution is 7.99. The Morgan fingerprint density at radius 2 is 1.83 bits per heavy atom. The number of carbonyl (C=O) groups excluding carboxylic acids is 2. The predicted octanol–water partition coefficient (Wildman–Crippen LogP) is 4.38. The Morgan fingerprint density at radius 1 is 1.00 bits per heavy atom. The highest BCUT2D eigenvalue weighted by Crippen LogP contribution is 2.27. The fraction of sp³-hybridized carbons (Fsp3) is 0.0952. The molecule has 150 valence electrons. The first-order valence-electron chi connectivity index (χ1n) is 9.07. The SMILES string of the molecule is Cc1ccc2nc(NC(=O)CSc3ccc(NC(=O)c4ccccc4)nn3)sc2c1. The molecule has 2 N–H and O–H groups in total. The van der Waals surface area contributed by atoms with Crippen LogP contribution < -0.4 is 10.6 Å². The second-order valence-electron chi connectivity index (χ2n) is 6.40. The van der Waals surface area contributed by atoms with Gasteiger partial charge in [0.2, 0.25) is 5.91 Å². The maximum absolute atomic E-state index is 12.2. The number of aryl methyl sites for hydroxylation is 1. The highest BCUT2D eigenvalue weighted by Gasteiger charge is 2.10. The molecule has 0 fully saturated rings. The average Bonchev–Trinajstić information content (AvgIpc) is 3.15. The number of benzene rings is 2. The van der Waals surface area contributed by atoms with E-state index in [9.17, 15) is 9.59 Å². The largest absolute Gasteiger partial charge is 0.305 e. The molecular formula is C21H17N5O2S2. The molecule has 0 aliphatic carbocycles. The lowest BCUT2D eigenvalue weighted by atomic mass is 10.2. The third-order valence-electron chi connectivity index (χ3n) is 4.06. The third kappa shape index (κ3) is 5.00. The second-order valence-corrected chi connectivity index (χ2v) is 8.43. The summed E-state index contributed by atoms with van der Waals surface area (Å²) in [6, 6.07) is 18.2. The molecule has 0 spiro atoms. The predicted molar refractivity (Wildman–Crippen MR) is 120 cm³/mol. The third-order valence-corrected chi connectivity index (χ3v) is 5.91. The van der Waals surface area contributed by atoms with Crippen LogP contribution in [0.4, 0.5) is 10.9 Å². The molecule has 0 unspecified atom stereocenters. The Hall–Kier alpha value is -3.30. The van der Waals surface area contributed by atoms with Crippen molar-refractivity contribution in [2.75, 3.05) is 16.4 Å². The molecule has 0 saturated heterocycles. The van der Waals surface area contributed by atoms with E-state index in [0.29, 0.717) is 21.5 Å². The van der Waals surface area contributed by atoms with Crippen LogP contribution in [0, 0.1) is 6.92 Å². The van der Waals surface area contributed by atoms with Crippen LogP contribution >= 0.6 is 23.1 Å². The number of anilines is 2. The quantitative estimate of drug-likeness (QED) is 0.436. The van der Waals surface area contributed by atoms with Gasteiger partial charge in [-0.05, 0) is 48.9 Å². The summed E-state index contributed by atoms with van der Waals surface area (Å²) in [4.78, 5) is 28.8. The van der Waals surface area contributed by atoms with Gasteiger partial charge in [0.05, 0.1) is 16.0 Å². The Labute approximate surface area is 181 Å². The number of nitrogens with one attached hydrogen (secondary N) is 2. The summed E-state index contributed by atoms with van der Waals surface area (Å²) in [7, 11) is 0.